The van der Waals surface area contributed by atoms with E-state index in [-0.39, 0.29) is 5.92 Å². The van der Waals surface area contributed by atoms with Crippen molar-refractivity contribution in [1.82, 2.24) is 15.5 Å². The van der Waals surface area contributed by atoms with Gasteiger partial charge in [0.05, 0.1) is 18.0 Å². The summed E-state index contributed by atoms with van der Waals surface area (Å²) < 4.78 is 0. The van der Waals surface area contributed by atoms with E-state index in [1.54, 1.807) is 0 Å². The first kappa shape index (κ1) is 10.5. The second-order valence-corrected chi connectivity index (χ2v) is 3.76. The lowest BCUT2D eigenvalue weighted by atomic mass is 10.1. The third kappa shape index (κ3) is 2.33. The topological polar surface area (TPSA) is 92.2 Å². The molecule has 0 spiro atoms. The van der Waals surface area contributed by atoms with Crippen molar-refractivity contribution < 1.29 is 14.7 Å². The maximum absolute atomic E-state index is 11.6. The average Bonchev–Trinajstić information content (AvgIpc) is 3.10. The van der Waals surface area contributed by atoms with Crippen molar-refractivity contribution in [2.75, 3.05) is 0 Å². The number of aliphatic carboxylic acids is 1. The number of hydrogen-bond acceptors (Lipinski definition) is 4. The summed E-state index contributed by atoms with van der Waals surface area (Å²) in [7, 11) is 0. The number of aromatic nitrogens is 2. The molecule has 0 aromatic carbocycles. The van der Waals surface area contributed by atoms with Crippen molar-refractivity contribution in [2.45, 2.75) is 18.9 Å². The van der Waals surface area contributed by atoms with Crippen LogP contribution < -0.4 is 5.32 Å². The Morgan fingerprint density at radius 3 is 2.69 bits per heavy atom. The zero-order valence-electron chi connectivity index (χ0n) is 8.46. The highest BCUT2D eigenvalue weighted by Crippen LogP contribution is 2.32. The van der Waals surface area contributed by atoms with E-state index in [9.17, 15) is 9.59 Å². The molecule has 1 aliphatic carbocycles. The molecule has 2 N–H and O–H groups in total. The average molecular weight is 221 g/mol. The van der Waals surface area contributed by atoms with Gasteiger partial charge in [-0.25, -0.2) is 4.79 Å². The Balaban J connectivity index is 2.03. The lowest BCUT2D eigenvalue weighted by Crippen LogP contribution is -2.42. The molecule has 0 radical (unpaired) electrons. The van der Waals surface area contributed by atoms with Gasteiger partial charge in [0.1, 0.15) is 6.04 Å². The summed E-state index contributed by atoms with van der Waals surface area (Å²) in [5.74, 6) is -1.34. The van der Waals surface area contributed by atoms with E-state index in [4.69, 9.17) is 5.11 Å². The zero-order chi connectivity index (χ0) is 11.5. The largest absolute Gasteiger partial charge is 0.480 e. The molecule has 16 heavy (non-hydrogen) atoms. The van der Waals surface area contributed by atoms with Crippen molar-refractivity contribution in [3.63, 3.8) is 0 Å². The normalized spacial score (nSPS) is 16.5. The van der Waals surface area contributed by atoms with E-state index in [1.807, 2.05) is 0 Å². The highest BCUT2D eigenvalue weighted by Gasteiger charge is 2.37. The molecule has 0 aliphatic heterocycles. The minimum absolute atomic E-state index is 0.0660. The number of amides is 1. The Labute approximate surface area is 91.7 Å². The number of carboxylic acids is 1. The molecule has 1 fully saturated rings. The molecular formula is C10H11N3O3. The molecular weight excluding hydrogens is 210 g/mol. The fourth-order valence-corrected chi connectivity index (χ4v) is 1.46. The van der Waals surface area contributed by atoms with Crippen LogP contribution in [0.1, 0.15) is 23.2 Å². The zero-order valence-corrected chi connectivity index (χ0v) is 8.46. The van der Waals surface area contributed by atoms with Gasteiger partial charge in [0.15, 0.2) is 0 Å². The van der Waals surface area contributed by atoms with E-state index < -0.39 is 17.9 Å². The summed E-state index contributed by atoms with van der Waals surface area (Å²) in [6.07, 6.45) is 4.40. The summed E-state index contributed by atoms with van der Waals surface area (Å²) in [5.41, 5.74) is 0.321. The van der Waals surface area contributed by atoms with Crippen LogP contribution in [0.5, 0.6) is 0 Å². The molecule has 1 aliphatic rings. The molecule has 6 nitrogen and oxygen atoms in total. The Hall–Kier alpha value is -1.98. The molecule has 1 aromatic rings. The van der Waals surface area contributed by atoms with Gasteiger partial charge in [-0.2, -0.15) is 10.2 Å². The fraction of sp³-hybridized carbons (Fsp3) is 0.400. The van der Waals surface area contributed by atoms with Crippen LogP contribution in [0.4, 0.5) is 0 Å². The number of nitrogens with zero attached hydrogens (tertiary/aromatic N) is 2. The highest BCUT2D eigenvalue weighted by atomic mass is 16.4. The summed E-state index contributed by atoms with van der Waals surface area (Å²) in [6, 6.07) is 0.703. The van der Waals surface area contributed by atoms with Gasteiger partial charge in [0.2, 0.25) is 0 Å². The minimum atomic E-state index is -0.988. The van der Waals surface area contributed by atoms with E-state index in [0.717, 1.165) is 12.8 Å². The van der Waals surface area contributed by atoms with Crippen molar-refractivity contribution in [3.8, 4) is 0 Å². The first-order valence-electron chi connectivity index (χ1n) is 4.99. The van der Waals surface area contributed by atoms with Crippen LogP contribution in [-0.4, -0.2) is 33.2 Å². The molecule has 0 saturated heterocycles. The molecule has 1 amide bonds. The lowest BCUT2D eigenvalue weighted by molar-refractivity contribution is -0.139. The quantitative estimate of drug-likeness (QED) is 0.750. The SMILES string of the molecule is O=C(NC(C(=O)O)C1CC1)c1ccnnc1. The molecule has 0 bridgehead atoms. The van der Waals surface area contributed by atoms with Crippen LogP contribution in [0.15, 0.2) is 18.5 Å². The van der Waals surface area contributed by atoms with Crippen LogP contribution >= 0.6 is 0 Å². The minimum Gasteiger partial charge on any atom is -0.480 e. The van der Waals surface area contributed by atoms with Crippen LogP contribution in [0.25, 0.3) is 0 Å². The molecule has 1 unspecified atom stereocenters. The van der Waals surface area contributed by atoms with Crippen LogP contribution in [0.3, 0.4) is 0 Å². The van der Waals surface area contributed by atoms with E-state index >= 15 is 0 Å². The molecule has 84 valence electrons. The third-order valence-corrected chi connectivity index (χ3v) is 2.49. The van der Waals surface area contributed by atoms with E-state index in [1.165, 1.54) is 18.5 Å². The van der Waals surface area contributed by atoms with Gasteiger partial charge in [0, 0.05) is 0 Å². The van der Waals surface area contributed by atoms with Gasteiger partial charge in [-0.1, -0.05) is 0 Å². The molecule has 1 heterocycles. The van der Waals surface area contributed by atoms with Crippen molar-refractivity contribution >= 4 is 11.9 Å². The summed E-state index contributed by atoms with van der Waals surface area (Å²) in [6.45, 7) is 0. The van der Waals surface area contributed by atoms with Gasteiger partial charge in [-0.05, 0) is 24.8 Å². The molecule has 1 aromatic heterocycles. The van der Waals surface area contributed by atoms with Gasteiger partial charge < -0.3 is 10.4 Å². The molecule has 1 saturated carbocycles. The number of carboxylic acid groups (broad SMARTS) is 1. The Morgan fingerprint density at radius 1 is 1.44 bits per heavy atom. The van der Waals surface area contributed by atoms with Crippen molar-refractivity contribution in [3.05, 3.63) is 24.0 Å². The maximum Gasteiger partial charge on any atom is 0.326 e. The van der Waals surface area contributed by atoms with Crippen molar-refractivity contribution in [2.24, 2.45) is 5.92 Å². The van der Waals surface area contributed by atoms with Gasteiger partial charge >= 0.3 is 5.97 Å². The molecule has 2 rings (SSSR count). The van der Waals surface area contributed by atoms with Gasteiger partial charge in [0.25, 0.3) is 5.91 Å². The summed E-state index contributed by atoms with van der Waals surface area (Å²) >= 11 is 0. The van der Waals surface area contributed by atoms with Crippen LogP contribution in [-0.2, 0) is 4.79 Å². The first-order chi connectivity index (χ1) is 7.68. The van der Waals surface area contributed by atoms with E-state index in [2.05, 4.69) is 15.5 Å². The predicted octanol–water partition coefficient (Wildman–Crippen LogP) is 0.0696. The second kappa shape index (κ2) is 4.26. The van der Waals surface area contributed by atoms with Gasteiger partial charge in [-0.15, -0.1) is 0 Å². The standard InChI is InChI=1S/C10H11N3O3/c14-9(7-3-4-11-12-5-7)13-8(10(15)16)6-1-2-6/h3-6,8H,1-2H2,(H,13,14)(H,15,16). The number of nitrogens with one attached hydrogen (secondary N) is 1. The number of rotatable bonds is 4. The summed E-state index contributed by atoms with van der Waals surface area (Å²) in [4.78, 5) is 22.6. The molecule has 6 heteroatoms. The Bertz CT molecular complexity index is 403. The lowest BCUT2D eigenvalue weighted by Gasteiger charge is -2.12. The maximum atomic E-state index is 11.6. The number of hydrogen-bond donors (Lipinski definition) is 2. The van der Waals surface area contributed by atoms with Crippen LogP contribution in [0, 0.1) is 5.92 Å². The Morgan fingerprint density at radius 2 is 2.19 bits per heavy atom. The first-order valence-corrected chi connectivity index (χ1v) is 4.99. The third-order valence-electron chi connectivity index (χ3n) is 2.49. The molecule has 1 atom stereocenters. The Kier molecular flexibility index (Phi) is 2.80. The smallest absolute Gasteiger partial charge is 0.326 e. The predicted molar refractivity (Wildman–Crippen MR) is 53.6 cm³/mol. The summed E-state index contributed by atoms with van der Waals surface area (Å²) in [5, 5.41) is 18.5. The van der Waals surface area contributed by atoms with Crippen LogP contribution in [0.2, 0.25) is 0 Å². The van der Waals surface area contributed by atoms with Crippen molar-refractivity contribution in [1.29, 1.82) is 0 Å². The van der Waals surface area contributed by atoms with Gasteiger partial charge in [-0.3, -0.25) is 4.79 Å². The van der Waals surface area contributed by atoms with E-state index in [0.29, 0.717) is 5.56 Å². The highest BCUT2D eigenvalue weighted by molar-refractivity contribution is 5.96. The number of carbonyl (C=O) groups is 2. The monoisotopic (exact) mass is 221 g/mol. The second-order valence-electron chi connectivity index (χ2n) is 3.76. The fourth-order valence-electron chi connectivity index (χ4n) is 1.46. The number of carbonyl (C=O) groups excluding carboxylic acids is 1.